The van der Waals surface area contributed by atoms with E-state index in [0.717, 1.165) is 42.7 Å². The Labute approximate surface area is 109 Å². The largest absolute Gasteiger partial charge is 0.340 e. The molecule has 0 amide bonds. The van der Waals surface area contributed by atoms with Crippen LogP contribution in [-0.4, -0.2) is 35.6 Å². The number of rotatable bonds is 1. The minimum Gasteiger partial charge on any atom is -0.340 e. The SMILES string of the molecule is NC1CCC(c2nnc3c4[nH]cnc4ncn23)CC1. The predicted molar refractivity (Wildman–Crippen MR) is 69.6 cm³/mol. The van der Waals surface area contributed by atoms with Gasteiger partial charge in [-0.2, -0.15) is 0 Å². The third-order valence-electron chi connectivity index (χ3n) is 4.00. The highest BCUT2D eigenvalue weighted by Crippen LogP contribution is 2.31. The van der Waals surface area contributed by atoms with Crippen molar-refractivity contribution in [3.05, 3.63) is 18.5 Å². The molecule has 0 aromatic carbocycles. The topological polar surface area (TPSA) is 97.8 Å². The Kier molecular flexibility index (Phi) is 2.28. The molecule has 0 unspecified atom stereocenters. The van der Waals surface area contributed by atoms with Gasteiger partial charge in [0, 0.05) is 12.0 Å². The van der Waals surface area contributed by atoms with Gasteiger partial charge in [-0.1, -0.05) is 0 Å². The molecule has 0 aliphatic heterocycles. The number of nitrogens with one attached hydrogen (secondary N) is 1. The fourth-order valence-electron chi connectivity index (χ4n) is 2.91. The highest BCUT2D eigenvalue weighted by atomic mass is 15.3. The Bertz CT molecular complexity index is 720. The molecule has 1 saturated carbocycles. The monoisotopic (exact) mass is 257 g/mol. The number of nitrogens with two attached hydrogens (primary N) is 1. The Morgan fingerprint density at radius 1 is 1.16 bits per heavy atom. The number of hydrogen-bond donors (Lipinski definition) is 2. The normalized spacial score (nSPS) is 24.3. The van der Waals surface area contributed by atoms with Crippen LogP contribution in [0.4, 0.5) is 0 Å². The lowest BCUT2D eigenvalue weighted by molar-refractivity contribution is 0.383. The highest BCUT2D eigenvalue weighted by Gasteiger charge is 2.24. The Morgan fingerprint density at radius 2 is 2.00 bits per heavy atom. The lowest BCUT2D eigenvalue weighted by Gasteiger charge is -2.24. The van der Waals surface area contributed by atoms with Crippen LogP contribution < -0.4 is 5.73 Å². The first kappa shape index (κ1) is 10.9. The Hall–Kier alpha value is -2.02. The fourth-order valence-corrected chi connectivity index (χ4v) is 2.91. The van der Waals surface area contributed by atoms with Crippen LogP contribution in [0.25, 0.3) is 16.8 Å². The summed E-state index contributed by atoms with van der Waals surface area (Å²) < 4.78 is 1.97. The number of nitrogens with zero attached hydrogens (tertiary/aromatic N) is 5. The highest BCUT2D eigenvalue weighted by molar-refractivity contribution is 5.84. The number of aromatic amines is 1. The van der Waals surface area contributed by atoms with E-state index in [9.17, 15) is 0 Å². The van der Waals surface area contributed by atoms with E-state index in [1.807, 2.05) is 4.40 Å². The van der Waals surface area contributed by atoms with Crippen LogP contribution in [0, 0.1) is 0 Å². The smallest absolute Gasteiger partial charge is 0.189 e. The van der Waals surface area contributed by atoms with Crippen LogP contribution in [0.2, 0.25) is 0 Å². The van der Waals surface area contributed by atoms with Crippen molar-refractivity contribution in [2.75, 3.05) is 0 Å². The molecule has 19 heavy (non-hydrogen) atoms. The number of H-pyrrole nitrogens is 1. The molecule has 7 nitrogen and oxygen atoms in total. The Morgan fingerprint density at radius 3 is 2.84 bits per heavy atom. The van der Waals surface area contributed by atoms with Gasteiger partial charge in [-0.25, -0.2) is 9.97 Å². The first-order valence-corrected chi connectivity index (χ1v) is 6.61. The maximum atomic E-state index is 5.96. The maximum Gasteiger partial charge on any atom is 0.189 e. The van der Waals surface area contributed by atoms with Crippen molar-refractivity contribution in [3.63, 3.8) is 0 Å². The summed E-state index contributed by atoms with van der Waals surface area (Å²) in [5, 5.41) is 8.64. The van der Waals surface area contributed by atoms with Crippen LogP contribution in [0.15, 0.2) is 12.7 Å². The van der Waals surface area contributed by atoms with Crippen molar-refractivity contribution < 1.29 is 0 Å². The van der Waals surface area contributed by atoms with E-state index < -0.39 is 0 Å². The van der Waals surface area contributed by atoms with Crippen LogP contribution in [-0.2, 0) is 0 Å². The molecule has 1 aliphatic rings. The first-order valence-electron chi connectivity index (χ1n) is 6.61. The summed E-state index contributed by atoms with van der Waals surface area (Å²) in [6, 6.07) is 0.341. The van der Waals surface area contributed by atoms with Gasteiger partial charge in [0.1, 0.15) is 17.7 Å². The van der Waals surface area contributed by atoms with Crippen molar-refractivity contribution in [3.8, 4) is 0 Å². The van der Waals surface area contributed by atoms with Gasteiger partial charge in [0.2, 0.25) is 0 Å². The molecular weight excluding hydrogens is 242 g/mol. The van der Waals surface area contributed by atoms with Gasteiger partial charge in [0.15, 0.2) is 11.3 Å². The lowest BCUT2D eigenvalue weighted by Crippen LogP contribution is -2.26. The molecule has 1 fully saturated rings. The van der Waals surface area contributed by atoms with Crippen LogP contribution in [0.1, 0.15) is 37.4 Å². The zero-order valence-electron chi connectivity index (χ0n) is 10.5. The maximum absolute atomic E-state index is 5.96. The van der Waals surface area contributed by atoms with E-state index in [2.05, 4.69) is 25.1 Å². The van der Waals surface area contributed by atoms with E-state index in [1.54, 1.807) is 12.7 Å². The predicted octanol–water partition coefficient (Wildman–Crippen LogP) is 0.985. The van der Waals surface area contributed by atoms with Gasteiger partial charge in [0.05, 0.1) is 6.33 Å². The quantitative estimate of drug-likeness (QED) is 0.677. The molecule has 3 N–H and O–H groups in total. The minimum atomic E-state index is 0.341. The second-order valence-electron chi connectivity index (χ2n) is 5.21. The molecular formula is C12H15N7. The zero-order valence-corrected chi connectivity index (χ0v) is 10.5. The van der Waals surface area contributed by atoms with Crippen molar-refractivity contribution in [2.24, 2.45) is 5.73 Å². The summed E-state index contributed by atoms with van der Waals surface area (Å²) in [4.78, 5) is 11.5. The van der Waals surface area contributed by atoms with Crippen molar-refractivity contribution in [1.82, 2.24) is 29.5 Å². The molecule has 0 radical (unpaired) electrons. The summed E-state index contributed by atoms with van der Waals surface area (Å²) in [5.74, 6) is 1.42. The van der Waals surface area contributed by atoms with E-state index in [-0.39, 0.29) is 0 Å². The summed E-state index contributed by atoms with van der Waals surface area (Å²) in [7, 11) is 0. The molecule has 98 valence electrons. The average molecular weight is 257 g/mol. The summed E-state index contributed by atoms with van der Waals surface area (Å²) in [6.07, 6.45) is 7.65. The summed E-state index contributed by atoms with van der Waals surface area (Å²) in [6.45, 7) is 0. The third kappa shape index (κ3) is 1.61. The fraction of sp³-hybridized carbons (Fsp3) is 0.500. The Balaban J connectivity index is 1.82. The van der Waals surface area contributed by atoms with Gasteiger partial charge < -0.3 is 10.7 Å². The average Bonchev–Trinajstić information content (AvgIpc) is 3.04. The summed E-state index contributed by atoms with van der Waals surface area (Å²) >= 11 is 0. The molecule has 3 aromatic heterocycles. The molecule has 0 bridgehead atoms. The van der Waals surface area contributed by atoms with Crippen molar-refractivity contribution in [2.45, 2.75) is 37.6 Å². The third-order valence-corrected chi connectivity index (χ3v) is 4.00. The number of imidazole rings is 1. The standard InChI is InChI=1S/C12H15N7/c13-8-3-1-7(2-4-8)11-17-18-12-9-10(15-5-14-9)16-6-19(11)12/h5-8H,1-4,13H2,(H,14,15). The molecule has 0 atom stereocenters. The number of aromatic nitrogens is 6. The first-order chi connectivity index (χ1) is 9.33. The van der Waals surface area contributed by atoms with Crippen LogP contribution in [0.5, 0.6) is 0 Å². The van der Waals surface area contributed by atoms with Gasteiger partial charge in [-0.15, -0.1) is 10.2 Å². The zero-order chi connectivity index (χ0) is 12.8. The molecule has 0 spiro atoms. The number of hydrogen-bond acceptors (Lipinski definition) is 5. The summed E-state index contributed by atoms with van der Waals surface area (Å²) in [5.41, 5.74) is 8.27. The van der Waals surface area contributed by atoms with Gasteiger partial charge in [0.25, 0.3) is 0 Å². The molecule has 3 heterocycles. The molecule has 7 heteroatoms. The molecule has 0 saturated heterocycles. The second-order valence-corrected chi connectivity index (χ2v) is 5.21. The van der Waals surface area contributed by atoms with Gasteiger partial charge >= 0.3 is 0 Å². The molecule has 1 aliphatic carbocycles. The van der Waals surface area contributed by atoms with Crippen molar-refractivity contribution in [1.29, 1.82) is 0 Å². The molecule has 4 rings (SSSR count). The van der Waals surface area contributed by atoms with Gasteiger partial charge in [-0.05, 0) is 25.7 Å². The van der Waals surface area contributed by atoms with Crippen LogP contribution in [0.3, 0.4) is 0 Å². The van der Waals surface area contributed by atoms with Crippen LogP contribution >= 0.6 is 0 Å². The van der Waals surface area contributed by atoms with E-state index in [0.29, 0.717) is 17.6 Å². The number of fused-ring (bicyclic) bond motifs is 3. The minimum absolute atomic E-state index is 0.341. The lowest BCUT2D eigenvalue weighted by atomic mass is 9.86. The van der Waals surface area contributed by atoms with E-state index in [1.165, 1.54) is 0 Å². The van der Waals surface area contributed by atoms with E-state index in [4.69, 9.17) is 5.73 Å². The molecule has 3 aromatic rings. The van der Waals surface area contributed by atoms with Gasteiger partial charge in [-0.3, -0.25) is 4.40 Å². The van der Waals surface area contributed by atoms with E-state index >= 15 is 0 Å². The second kappa shape index (κ2) is 3.99. The van der Waals surface area contributed by atoms with Crippen molar-refractivity contribution >= 4 is 16.8 Å².